The van der Waals surface area contributed by atoms with Gasteiger partial charge in [-0.2, -0.15) is 0 Å². The fourth-order valence-corrected chi connectivity index (χ4v) is 3.88. The maximum absolute atomic E-state index is 10.4. The molecule has 28 heavy (non-hydrogen) atoms. The van der Waals surface area contributed by atoms with E-state index in [1.807, 2.05) is 0 Å². The number of carboxylic acid groups (broad SMARTS) is 1. The van der Waals surface area contributed by atoms with Crippen LogP contribution in [0.2, 0.25) is 0 Å². The second-order valence-electron chi connectivity index (χ2n) is 8.57. The van der Waals surface area contributed by atoms with Gasteiger partial charge in [0.2, 0.25) is 0 Å². The second kappa shape index (κ2) is 27.7. The number of hydrogen-bond donors (Lipinski definition) is 1. The molecule has 0 fully saturated rings. The van der Waals surface area contributed by atoms with E-state index < -0.39 is 5.97 Å². The van der Waals surface area contributed by atoms with Crippen LogP contribution in [0.15, 0.2) is 0 Å². The molecule has 0 spiro atoms. The number of aliphatic carboxylic acids is 1. The summed E-state index contributed by atoms with van der Waals surface area (Å²) in [5.41, 5.74) is 0. The van der Waals surface area contributed by atoms with Gasteiger partial charge in [-0.1, -0.05) is 142 Å². The van der Waals surface area contributed by atoms with Gasteiger partial charge < -0.3 is 5.11 Å². The zero-order valence-electron chi connectivity index (χ0n) is 18.6. The molecule has 0 aromatic rings. The first-order valence-electron chi connectivity index (χ1n) is 12.5. The molecule has 1 N–H and O–H groups in total. The average Bonchev–Trinajstić information content (AvgIpc) is 2.65. The Kier molecular flexibility index (Phi) is 30.6. The Morgan fingerprint density at radius 3 is 0.893 bits per heavy atom. The van der Waals surface area contributed by atoms with E-state index in [0.717, 1.165) is 12.8 Å². The zero-order valence-corrected chi connectivity index (χ0v) is 18.6. The summed E-state index contributed by atoms with van der Waals surface area (Å²) in [5, 5.41) is 8.58. The molecule has 0 bridgehead atoms. The molecular formula is C25H52CaO2. The molecule has 0 aromatic carbocycles. The Morgan fingerprint density at radius 2 is 0.679 bits per heavy atom. The van der Waals surface area contributed by atoms with Crippen LogP contribution < -0.4 is 0 Å². The quantitative estimate of drug-likeness (QED) is 0.133. The summed E-state index contributed by atoms with van der Waals surface area (Å²) in [4.78, 5) is 10.4. The summed E-state index contributed by atoms with van der Waals surface area (Å²) >= 11 is 0. The second-order valence-corrected chi connectivity index (χ2v) is 8.57. The minimum absolute atomic E-state index is 0. The summed E-state index contributed by atoms with van der Waals surface area (Å²) in [5.74, 6) is -0.650. The minimum atomic E-state index is -0.650. The van der Waals surface area contributed by atoms with Gasteiger partial charge in [-0.05, 0) is 6.42 Å². The molecule has 0 heterocycles. The molecular weight excluding hydrogens is 372 g/mol. The topological polar surface area (TPSA) is 37.3 Å². The van der Waals surface area contributed by atoms with E-state index in [2.05, 4.69) is 6.92 Å². The molecule has 0 atom stereocenters. The van der Waals surface area contributed by atoms with E-state index in [4.69, 9.17) is 5.11 Å². The Bertz CT molecular complexity index is 294. The fraction of sp³-hybridized carbons (Fsp3) is 0.960. The molecule has 0 amide bonds. The van der Waals surface area contributed by atoms with Crippen LogP contribution in [0.1, 0.15) is 155 Å². The van der Waals surface area contributed by atoms with Crippen LogP contribution in [-0.4, -0.2) is 48.8 Å². The molecule has 0 saturated carbocycles. The molecule has 0 aromatic heterocycles. The van der Waals surface area contributed by atoms with Crippen molar-refractivity contribution in [2.75, 3.05) is 0 Å². The fourth-order valence-electron chi connectivity index (χ4n) is 3.88. The van der Waals surface area contributed by atoms with E-state index in [9.17, 15) is 4.79 Å². The van der Waals surface area contributed by atoms with Crippen molar-refractivity contribution >= 4 is 43.7 Å². The molecule has 0 aliphatic rings. The van der Waals surface area contributed by atoms with Crippen molar-refractivity contribution in [3.63, 3.8) is 0 Å². The zero-order chi connectivity index (χ0) is 19.8. The van der Waals surface area contributed by atoms with Gasteiger partial charge >= 0.3 is 43.7 Å². The average molecular weight is 425 g/mol. The van der Waals surface area contributed by atoms with E-state index in [0.29, 0.717) is 6.42 Å². The van der Waals surface area contributed by atoms with Gasteiger partial charge in [-0.25, -0.2) is 0 Å². The molecule has 0 radical (unpaired) electrons. The van der Waals surface area contributed by atoms with E-state index in [1.165, 1.54) is 128 Å². The number of hydrogen-bond acceptors (Lipinski definition) is 1. The summed E-state index contributed by atoms with van der Waals surface area (Å²) in [6, 6.07) is 0. The number of rotatable bonds is 23. The Balaban J connectivity index is 0. The van der Waals surface area contributed by atoms with Gasteiger partial charge in [-0.3, -0.25) is 4.79 Å². The standard InChI is InChI=1S/C25H50O2.Ca.2H/c1-2-3-4-5-6-7-8-9-10-11-12-13-14-15-16-17-18-19-20-21-22-23-24-25(26)27;;;/h2-24H2,1H3,(H,26,27);;;. The van der Waals surface area contributed by atoms with Crippen LogP contribution in [0.5, 0.6) is 0 Å². The monoisotopic (exact) mass is 424 g/mol. The van der Waals surface area contributed by atoms with E-state index >= 15 is 0 Å². The van der Waals surface area contributed by atoms with Crippen molar-refractivity contribution in [1.29, 1.82) is 0 Å². The Hall–Kier alpha value is 0.730. The van der Waals surface area contributed by atoms with Crippen LogP contribution in [0, 0.1) is 0 Å². The van der Waals surface area contributed by atoms with Gasteiger partial charge in [0, 0.05) is 6.42 Å². The number of carbonyl (C=O) groups is 1. The van der Waals surface area contributed by atoms with Crippen LogP contribution in [0.25, 0.3) is 0 Å². The number of unbranched alkanes of at least 4 members (excludes halogenated alkanes) is 21. The van der Waals surface area contributed by atoms with Crippen molar-refractivity contribution in [1.82, 2.24) is 0 Å². The summed E-state index contributed by atoms with van der Waals surface area (Å²) in [7, 11) is 0. The summed E-state index contributed by atoms with van der Waals surface area (Å²) in [6.45, 7) is 2.29. The Morgan fingerprint density at radius 1 is 0.464 bits per heavy atom. The first-order valence-corrected chi connectivity index (χ1v) is 12.5. The normalized spacial score (nSPS) is 10.8. The number of carboxylic acids is 1. The third-order valence-electron chi connectivity index (χ3n) is 5.74. The van der Waals surface area contributed by atoms with Crippen LogP contribution in [0.4, 0.5) is 0 Å². The third kappa shape index (κ3) is 28.9. The van der Waals surface area contributed by atoms with E-state index in [1.54, 1.807) is 0 Å². The molecule has 2 nitrogen and oxygen atoms in total. The van der Waals surface area contributed by atoms with Gasteiger partial charge in [0.1, 0.15) is 0 Å². The van der Waals surface area contributed by atoms with E-state index in [-0.39, 0.29) is 37.7 Å². The van der Waals surface area contributed by atoms with Gasteiger partial charge in [0.15, 0.2) is 0 Å². The summed E-state index contributed by atoms with van der Waals surface area (Å²) in [6.07, 6.45) is 30.5. The molecule has 0 aliphatic carbocycles. The van der Waals surface area contributed by atoms with Crippen LogP contribution in [0.3, 0.4) is 0 Å². The van der Waals surface area contributed by atoms with Crippen molar-refractivity contribution < 1.29 is 9.90 Å². The SMILES string of the molecule is CCCCCCCCCCCCCCCCCCCCCCCCC(=O)O.[CaH2]. The van der Waals surface area contributed by atoms with Crippen LogP contribution in [-0.2, 0) is 4.79 Å². The molecule has 0 aliphatic heterocycles. The first-order chi connectivity index (χ1) is 13.3. The summed E-state index contributed by atoms with van der Waals surface area (Å²) < 4.78 is 0. The third-order valence-corrected chi connectivity index (χ3v) is 5.74. The van der Waals surface area contributed by atoms with Crippen molar-refractivity contribution in [3.8, 4) is 0 Å². The Labute approximate surface area is 207 Å². The van der Waals surface area contributed by atoms with Gasteiger partial charge in [-0.15, -0.1) is 0 Å². The van der Waals surface area contributed by atoms with Crippen molar-refractivity contribution in [3.05, 3.63) is 0 Å². The van der Waals surface area contributed by atoms with Crippen LogP contribution >= 0.6 is 0 Å². The molecule has 3 heteroatoms. The molecule has 0 rings (SSSR count). The molecule has 0 saturated heterocycles. The predicted octanol–water partition coefficient (Wildman–Crippen LogP) is 8.15. The molecule has 166 valence electrons. The first kappa shape index (κ1) is 30.9. The maximum atomic E-state index is 10.4. The predicted molar refractivity (Wildman–Crippen MR) is 128 cm³/mol. The van der Waals surface area contributed by atoms with Crippen molar-refractivity contribution in [2.45, 2.75) is 155 Å². The van der Waals surface area contributed by atoms with Gasteiger partial charge in [0.25, 0.3) is 0 Å². The van der Waals surface area contributed by atoms with Gasteiger partial charge in [0.05, 0.1) is 0 Å². The molecule has 0 unspecified atom stereocenters. The van der Waals surface area contributed by atoms with Crippen molar-refractivity contribution in [2.24, 2.45) is 0 Å².